The van der Waals surface area contributed by atoms with Crippen LogP contribution in [0, 0.1) is 24.2 Å². The van der Waals surface area contributed by atoms with Gasteiger partial charge >= 0.3 is 5.97 Å². The monoisotopic (exact) mass is 437 g/mol. The van der Waals surface area contributed by atoms with Crippen LogP contribution in [0.15, 0.2) is 30.3 Å². The molecule has 4 nitrogen and oxygen atoms in total. The van der Waals surface area contributed by atoms with Crippen molar-refractivity contribution in [3.05, 3.63) is 41.5 Å². The van der Waals surface area contributed by atoms with Gasteiger partial charge in [-0.25, -0.2) is 0 Å². The van der Waals surface area contributed by atoms with Crippen LogP contribution in [0.3, 0.4) is 0 Å². The Hall–Kier alpha value is -2.07. The number of methoxy groups -OCH3 is 1. The van der Waals surface area contributed by atoms with E-state index in [2.05, 4.69) is 62.9 Å². The van der Waals surface area contributed by atoms with Gasteiger partial charge in [0, 0.05) is 13.1 Å². The summed E-state index contributed by atoms with van der Waals surface area (Å²) in [7, 11) is 1.48. The Labute approximate surface area is 193 Å². The SMILES string of the molecule is COC(=O)C1CCN(Cc2ccc3cc(O[C@H]4CC[C@H](C(C)(C)C)CC4)cc(C)c3c2)C1. The number of nitrogens with zero attached hydrogens (tertiary/aromatic N) is 1. The first-order valence-corrected chi connectivity index (χ1v) is 12.2. The molecule has 4 rings (SSSR count). The molecular formula is C28H39NO3. The van der Waals surface area contributed by atoms with Gasteiger partial charge in [-0.1, -0.05) is 32.9 Å². The minimum atomic E-state index is -0.0821. The van der Waals surface area contributed by atoms with Crippen LogP contribution in [0.4, 0.5) is 0 Å². The number of ether oxygens (including phenoxy) is 2. The topological polar surface area (TPSA) is 38.8 Å². The van der Waals surface area contributed by atoms with Gasteiger partial charge in [0.15, 0.2) is 0 Å². The highest BCUT2D eigenvalue weighted by Gasteiger charge is 2.31. The summed E-state index contributed by atoms with van der Waals surface area (Å²) < 4.78 is 11.4. The molecule has 1 aliphatic heterocycles. The molecule has 2 aliphatic rings. The maximum atomic E-state index is 11.8. The summed E-state index contributed by atoms with van der Waals surface area (Å²) in [6.45, 7) is 11.9. The number of hydrogen-bond acceptors (Lipinski definition) is 4. The third-order valence-corrected chi connectivity index (χ3v) is 7.61. The summed E-state index contributed by atoms with van der Waals surface area (Å²) in [4.78, 5) is 14.2. The van der Waals surface area contributed by atoms with Crippen LogP contribution in [0.1, 0.15) is 64.0 Å². The maximum absolute atomic E-state index is 11.8. The van der Waals surface area contributed by atoms with Gasteiger partial charge in [-0.05, 0) is 97.0 Å². The average Bonchev–Trinajstić information content (AvgIpc) is 3.22. The first-order valence-electron chi connectivity index (χ1n) is 12.2. The van der Waals surface area contributed by atoms with Crippen molar-refractivity contribution in [2.45, 2.75) is 72.4 Å². The van der Waals surface area contributed by atoms with Crippen LogP contribution in [0.2, 0.25) is 0 Å². The van der Waals surface area contributed by atoms with E-state index in [0.717, 1.165) is 50.6 Å². The predicted molar refractivity (Wildman–Crippen MR) is 130 cm³/mol. The van der Waals surface area contributed by atoms with Crippen molar-refractivity contribution >= 4 is 16.7 Å². The number of benzene rings is 2. The highest BCUT2D eigenvalue weighted by molar-refractivity contribution is 5.87. The molecule has 0 bridgehead atoms. The predicted octanol–water partition coefficient (Wildman–Crippen LogP) is 6.13. The molecule has 1 heterocycles. The van der Waals surface area contributed by atoms with Crippen molar-refractivity contribution in [3.63, 3.8) is 0 Å². The third-order valence-electron chi connectivity index (χ3n) is 7.61. The standard InChI is InChI=1S/C28H39NO3/c1-19-14-25(32-24-10-8-23(9-11-24)28(2,3)4)16-21-7-6-20(15-26(19)21)17-29-13-12-22(18-29)27(30)31-5/h6-7,14-16,22-24H,8-13,17-18H2,1-5H3/t22?,23-,24-. The Morgan fingerprint density at radius 3 is 2.50 bits per heavy atom. The van der Waals surface area contributed by atoms with Gasteiger partial charge in [0.05, 0.1) is 19.1 Å². The molecule has 0 radical (unpaired) electrons. The Morgan fingerprint density at radius 2 is 1.81 bits per heavy atom. The van der Waals surface area contributed by atoms with E-state index in [1.165, 1.54) is 41.9 Å². The molecule has 2 aromatic carbocycles. The summed E-state index contributed by atoms with van der Waals surface area (Å²) in [6, 6.07) is 11.1. The van der Waals surface area contributed by atoms with Gasteiger partial charge in [0.25, 0.3) is 0 Å². The molecular weight excluding hydrogens is 398 g/mol. The fourth-order valence-electron chi connectivity index (χ4n) is 5.56. The second-order valence-corrected chi connectivity index (χ2v) is 11.0. The normalized spacial score (nSPS) is 24.6. The van der Waals surface area contributed by atoms with E-state index < -0.39 is 0 Å². The first-order chi connectivity index (χ1) is 15.2. The molecule has 1 saturated heterocycles. The summed E-state index contributed by atoms with van der Waals surface area (Å²) in [5.74, 6) is 1.74. The van der Waals surface area contributed by atoms with Crippen LogP contribution in [-0.2, 0) is 16.1 Å². The summed E-state index contributed by atoms with van der Waals surface area (Å²) in [5, 5.41) is 2.52. The van der Waals surface area contributed by atoms with E-state index in [9.17, 15) is 4.79 Å². The molecule has 0 N–H and O–H groups in total. The van der Waals surface area contributed by atoms with Crippen molar-refractivity contribution in [2.24, 2.45) is 17.3 Å². The van der Waals surface area contributed by atoms with Gasteiger partial charge in [0.2, 0.25) is 0 Å². The number of esters is 1. The molecule has 174 valence electrons. The lowest BCUT2D eigenvalue weighted by Crippen LogP contribution is -2.30. The van der Waals surface area contributed by atoms with Crippen molar-refractivity contribution < 1.29 is 14.3 Å². The Balaban J connectivity index is 1.40. The van der Waals surface area contributed by atoms with Gasteiger partial charge in [-0.3, -0.25) is 9.69 Å². The minimum absolute atomic E-state index is 0.0142. The zero-order chi connectivity index (χ0) is 22.9. The molecule has 0 spiro atoms. The highest BCUT2D eigenvalue weighted by Crippen LogP contribution is 2.39. The van der Waals surface area contributed by atoms with E-state index in [1.54, 1.807) is 0 Å². The van der Waals surface area contributed by atoms with Gasteiger partial charge in [-0.15, -0.1) is 0 Å². The Morgan fingerprint density at radius 1 is 1.06 bits per heavy atom. The molecule has 32 heavy (non-hydrogen) atoms. The molecule has 4 heteroatoms. The summed E-state index contributed by atoms with van der Waals surface area (Å²) in [6.07, 6.45) is 6.05. The number of aryl methyl sites for hydroxylation is 1. The zero-order valence-electron chi connectivity index (χ0n) is 20.4. The summed E-state index contributed by atoms with van der Waals surface area (Å²) in [5.41, 5.74) is 2.95. The van der Waals surface area contributed by atoms with Crippen molar-refractivity contribution in [3.8, 4) is 5.75 Å². The largest absolute Gasteiger partial charge is 0.490 e. The highest BCUT2D eigenvalue weighted by atomic mass is 16.5. The fourth-order valence-corrected chi connectivity index (χ4v) is 5.56. The number of carbonyl (C=O) groups excluding carboxylic acids is 1. The number of likely N-dealkylation sites (tertiary alicyclic amines) is 1. The van der Waals surface area contributed by atoms with E-state index in [4.69, 9.17) is 9.47 Å². The molecule has 1 unspecified atom stereocenters. The van der Waals surface area contributed by atoms with Crippen molar-refractivity contribution in [1.29, 1.82) is 0 Å². The van der Waals surface area contributed by atoms with E-state index in [1.807, 2.05) is 0 Å². The zero-order valence-corrected chi connectivity index (χ0v) is 20.4. The lowest BCUT2D eigenvalue weighted by atomic mass is 9.72. The summed E-state index contributed by atoms with van der Waals surface area (Å²) >= 11 is 0. The van der Waals surface area contributed by atoms with Gasteiger partial charge in [-0.2, -0.15) is 0 Å². The molecule has 1 aliphatic carbocycles. The van der Waals surface area contributed by atoms with E-state index in [0.29, 0.717) is 11.5 Å². The van der Waals surface area contributed by atoms with Crippen molar-refractivity contribution in [2.75, 3.05) is 20.2 Å². The first kappa shape index (κ1) is 23.1. The smallest absolute Gasteiger partial charge is 0.310 e. The Kier molecular flexibility index (Phi) is 6.80. The van der Waals surface area contributed by atoms with E-state index in [-0.39, 0.29) is 11.9 Å². The van der Waals surface area contributed by atoms with Crippen LogP contribution in [0.5, 0.6) is 5.75 Å². The fraction of sp³-hybridized carbons (Fsp3) is 0.607. The number of rotatable bonds is 5. The maximum Gasteiger partial charge on any atom is 0.310 e. The number of fused-ring (bicyclic) bond motifs is 1. The lowest BCUT2D eigenvalue weighted by molar-refractivity contribution is -0.144. The minimum Gasteiger partial charge on any atom is -0.490 e. The van der Waals surface area contributed by atoms with Crippen LogP contribution in [0.25, 0.3) is 10.8 Å². The number of hydrogen-bond donors (Lipinski definition) is 0. The molecule has 1 saturated carbocycles. The molecule has 0 amide bonds. The number of carbonyl (C=O) groups is 1. The third kappa shape index (κ3) is 5.28. The molecule has 1 atom stereocenters. The Bertz CT molecular complexity index is 953. The quantitative estimate of drug-likeness (QED) is 0.528. The van der Waals surface area contributed by atoms with E-state index >= 15 is 0 Å². The van der Waals surface area contributed by atoms with Crippen LogP contribution >= 0.6 is 0 Å². The second kappa shape index (κ2) is 9.43. The van der Waals surface area contributed by atoms with Gasteiger partial charge < -0.3 is 9.47 Å². The van der Waals surface area contributed by atoms with Crippen LogP contribution < -0.4 is 4.74 Å². The second-order valence-electron chi connectivity index (χ2n) is 11.0. The molecule has 2 fully saturated rings. The molecule has 0 aromatic heterocycles. The van der Waals surface area contributed by atoms with Crippen LogP contribution in [-0.4, -0.2) is 37.2 Å². The average molecular weight is 438 g/mol. The lowest BCUT2D eigenvalue weighted by Gasteiger charge is -2.37. The van der Waals surface area contributed by atoms with Gasteiger partial charge in [0.1, 0.15) is 5.75 Å². The molecule has 2 aromatic rings. The van der Waals surface area contributed by atoms with Crippen molar-refractivity contribution in [1.82, 2.24) is 4.90 Å².